The Labute approximate surface area is 140 Å². The summed E-state index contributed by atoms with van der Waals surface area (Å²) in [6.45, 7) is 1.77. The predicted octanol–water partition coefficient (Wildman–Crippen LogP) is 2.04. The lowest BCUT2D eigenvalue weighted by Crippen LogP contribution is -2.27. The first kappa shape index (κ1) is 17.8. The second-order valence-corrected chi connectivity index (χ2v) is 5.17. The van der Waals surface area contributed by atoms with Gasteiger partial charge in [-0.25, -0.2) is 14.4 Å². The Morgan fingerprint density at radius 1 is 1.21 bits per heavy atom. The van der Waals surface area contributed by atoms with E-state index in [0.717, 1.165) is 12.0 Å². The topological polar surface area (TPSA) is 76.1 Å². The molecular weight excluding hydrogens is 311 g/mol. The molecule has 0 aliphatic carbocycles. The molecule has 0 spiro atoms. The van der Waals surface area contributed by atoms with E-state index in [1.807, 2.05) is 0 Å². The third kappa shape index (κ3) is 5.92. The molecule has 1 aromatic carbocycles. The number of anilines is 1. The highest BCUT2D eigenvalue weighted by atomic mass is 19.1. The van der Waals surface area contributed by atoms with Gasteiger partial charge in [0.2, 0.25) is 5.95 Å². The highest BCUT2D eigenvalue weighted by Gasteiger charge is 2.08. The molecule has 0 saturated carbocycles. The third-order valence-electron chi connectivity index (χ3n) is 3.31. The summed E-state index contributed by atoms with van der Waals surface area (Å²) in [6.07, 6.45) is 2.99. The number of hydrogen-bond acceptors (Lipinski definition) is 5. The van der Waals surface area contributed by atoms with Gasteiger partial charge in [-0.1, -0.05) is 12.1 Å². The fraction of sp³-hybridized carbons (Fsp3) is 0.353. The zero-order valence-electron chi connectivity index (χ0n) is 13.6. The summed E-state index contributed by atoms with van der Waals surface area (Å²) in [4.78, 5) is 20.4. The summed E-state index contributed by atoms with van der Waals surface area (Å²) in [5.41, 5.74) is 1.26. The molecule has 2 aromatic rings. The van der Waals surface area contributed by atoms with Crippen molar-refractivity contribution < 1.29 is 13.9 Å². The molecule has 0 atom stereocenters. The standard InChI is InChI=1S/C17H21FN4O2/c1-24-12-2-9-20-17-21-11-8-15(22-17)16(23)19-10-7-13-3-5-14(18)6-4-13/h3-6,8,11H,2,7,9-10,12H2,1H3,(H,19,23)(H,20,21,22). The fourth-order valence-electron chi connectivity index (χ4n) is 2.05. The number of ether oxygens (including phenoxy) is 1. The maximum Gasteiger partial charge on any atom is 0.270 e. The molecule has 0 radical (unpaired) electrons. The molecule has 1 aromatic heterocycles. The Balaban J connectivity index is 1.80. The van der Waals surface area contributed by atoms with Crippen LogP contribution in [0.4, 0.5) is 10.3 Å². The first-order valence-electron chi connectivity index (χ1n) is 7.77. The molecule has 0 aliphatic rings. The number of nitrogens with zero attached hydrogens (tertiary/aromatic N) is 2. The highest BCUT2D eigenvalue weighted by molar-refractivity contribution is 5.92. The van der Waals surface area contributed by atoms with Crippen LogP contribution >= 0.6 is 0 Å². The second kappa shape index (κ2) is 9.57. The molecule has 1 amide bonds. The summed E-state index contributed by atoms with van der Waals surface area (Å²) in [5.74, 6) is -0.119. The number of halogens is 1. The maximum atomic E-state index is 12.8. The van der Waals surface area contributed by atoms with E-state index in [1.165, 1.54) is 12.1 Å². The largest absolute Gasteiger partial charge is 0.385 e. The van der Waals surface area contributed by atoms with Gasteiger partial charge in [-0.2, -0.15) is 0 Å². The lowest BCUT2D eigenvalue weighted by Gasteiger charge is -2.07. The number of rotatable bonds is 9. The monoisotopic (exact) mass is 332 g/mol. The number of amides is 1. The number of carbonyl (C=O) groups excluding carboxylic acids is 1. The molecule has 0 bridgehead atoms. The van der Waals surface area contributed by atoms with Gasteiger partial charge in [-0.15, -0.1) is 0 Å². The van der Waals surface area contributed by atoms with Crippen LogP contribution < -0.4 is 10.6 Å². The quantitative estimate of drug-likeness (QED) is 0.687. The Bertz CT molecular complexity index is 649. The van der Waals surface area contributed by atoms with Gasteiger partial charge in [0.1, 0.15) is 11.5 Å². The SMILES string of the molecule is COCCCNc1nccc(C(=O)NCCc2ccc(F)cc2)n1. The van der Waals surface area contributed by atoms with E-state index in [1.54, 1.807) is 31.5 Å². The first-order valence-corrected chi connectivity index (χ1v) is 7.77. The summed E-state index contributed by atoms with van der Waals surface area (Å²) < 4.78 is 17.8. The predicted molar refractivity (Wildman–Crippen MR) is 89.5 cm³/mol. The van der Waals surface area contributed by atoms with Crippen LogP contribution in [0.15, 0.2) is 36.5 Å². The number of methoxy groups -OCH3 is 1. The van der Waals surface area contributed by atoms with Crippen molar-refractivity contribution in [2.75, 3.05) is 32.1 Å². The van der Waals surface area contributed by atoms with Crippen molar-refractivity contribution in [2.24, 2.45) is 0 Å². The molecule has 0 aliphatic heterocycles. The lowest BCUT2D eigenvalue weighted by atomic mass is 10.1. The summed E-state index contributed by atoms with van der Waals surface area (Å²) in [6, 6.07) is 7.78. The van der Waals surface area contributed by atoms with E-state index in [0.29, 0.717) is 37.8 Å². The van der Waals surface area contributed by atoms with E-state index < -0.39 is 0 Å². The molecule has 6 nitrogen and oxygen atoms in total. The third-order valence-corrected chi connectivity index (χ3v) is 3.31. The second-order valence-electron chi connectivity index (χ2n) is 5.17. The van der Waals surface area contributed by atoms with Crippen molar-refractivity contribution >= 4 is 11.9 Å². The van der Waals surface area contributed by atoms with Crippen LogP contribution in [-0.4, -0.2) is 42.7 Å². The number of carbonyl (C=O) groups is 1. The lowest BCUT2D eigenvalue weighted by molar-refractivity contribution is 0.0949. The molecule has 24 heavy (non-hydrogen) atoms. The first-order chi connectivity index (χ1) is 11.7. The number of hydrogen-bond donors (Lipinski definition) is 2. The fourth-order valence-corrected chi connectivity index (χ4v) is 2.05. The van der Waals surface area contributed by atoms with Crippen molar-refractivity contribution in [3.05, 3.63) is 53.6 Å². The van der Waals surface area contributed by atoms with Gasteiger partial charge in [0.05, 0.1) is 0 Å². The minimum atomic E-state index is -0.269. The van der Waals surface area contributed by atoms with Crippen LogP contribution in [0.1, 0.15) is 22.5 Å². The molecule has 0 saturated heterocycles. The van der Waals surface area contributed by atoms with Crippen molar-refractivity contribution in [3.63, 3.8) is 0 Å². The summed E-state index contributed by atoms with van der Waals surface area (Å²) in [7, 11) is 1.65. The number of aromatic nitrogens is 2. The van der Waals surface area contributed by atoms with E-state index in [2.05, 4.69) is 20.6 Å². The minimum Gasteiger partial charge on any atom is -0.385 e. The molecule has 128 valence electrons. The van der Waals surface area contributed by atoms with E-state index >= 15 is 0 Å². The minimum absolute atomic E-state index is 0.264. The summed E-state index contributed by atoms with van der Waals surface area (Å²) in [5, 5.41) is 5.84. The van der Waals surface area contributed by atoms with Gasteiger partial charge in [-0.05, 0) is 36.6 Å². The molecule has 2 rings (SSSR count). The molecular formula is C17H21FN4O2. The van der Waals surface area contributed by atoms with Gasteiger partial charge in [0.15, 0.2) is 0 Å². The Hall–Kier alpha value is -2.54. The molecule has 1 heterocycles. The van der Waals surface area contributed by atoms with Crippen molar-refractivity contribution in [2.45, 2.75) is 12.8 Å². The van der Waals surface area contributed by atoms with Crippen molar-refractivity contribution in [3.8, 4) is 0 Å². The van der Waals surface area contributed by atoms with Crippen LogP contribution in [0.2, 0.25) is 0 Å². The molecule has 7 heteroatoms. The van der Waals surface area contributed by atoms with Crippen LogP contribution in [0, 0.1) is 5.82 Å². The van der Waals surface area contributed by atoms with Crippen molar-refractivity contribution in [1.82, 2.24) is 15.3 Å². The van der Waals surface area contributed by atoms with Crippen LogP contribution in [0.3, 0.4) is 0 Å². The Morgan fingerprint density at radius 2 is 2.00 bits per heavy atom. The number of benzene rings is 1. The highest BCUT2D eigenvalue weighted by Crippen LogP contribution is 2.04. The average molecular weight is 332 g/mol. The van der Waals surface area contributed by atoms with Gasteiger partial charge in [0, 0.05) is 33.0 Å². The van der Waals surface area contributed by atoms with Gasteiger partial charge in [0.25, 0.3) is 5.91 Å². The number of nitrogens with one attached hydrogen (secondary N) is 2. The maximum absolute atomic E-state index is 12.8. The van der Waals surface area contributed by atoms with Crippen LogP contribution in [0.25, 0.3) is 0 Å². The smallest absolute Gasteiger partial charge is 0.270 e. The van der Waals surface area contributed by atoms with Crippen LogP contribution in [-0.2, 0) is 11.2 Å². The molecule has 2 N–H and O–H groups in total. The van der Waals surface area contributed by atoms with Crippen LogP contribution in [0.5, 0.6) is 0 Å². The van der Waals surface area contributed by atoms with Gasteiger partial charge >= 0.3 is 0 Å². The van der Waals surface area contributed by atoms with Gasteiger partial charge in [-0.3, -0.25) is 4.79 Å². The van der Waals surface area contributed by atoms with E-state index in [-0.39, 0.29) is 11.7 Å². The average Bonchev–Trinajstić information content (AvgIpc) is 2.61. The summed E-state index contributed by atoms with van der Waals surface area (Å²) >= 11 is 0. The van der Waals surface area contributed by atoms with E-state index in [4.69, 9.17) is 4.74 Å². The molecule has 0 unspecified atom stereocenters. The van der Waals surface area contributed by atoms with E-state index in [9.17, 15) is 9.18 Å². The Kier molecular flexibility index (Phi) is 7.10. The normalized spacial score (nSPS) is 10.4. The van der Waals surface area contributed by atoms with Gasteiger partial charge < -0.3 is 15.4 Å². The Morgan fingerprint density at radius 3 is 2.75 bits per heavy atom. The molecule has 0 fully saturated rings. The zero-order chi connectivity index (χ0) is 17.2. The van der Waals surface area contributed by atoms with Crippen molar-refractivity contribution in [1.29, 1.82) is 0 Å². The zero-order valence-corrected chi connectivity index (χ0v) is 13.6.